The van der Waals surface area contributed by atoms with Crippen LogP contribution in [-0.4, -0.2) is 28.5 Å². The number of fused-ring (bicyclic) bond motifs is 2. The van der Waals surface area contributed by atoms with E-state index in [4.69, 9.17) is 35.2 Å². The van der Waals surface area contributed by atoms with Gasteiger partial charge < -0.3 is 0 Å². The van der Waals surface area contributed by atoms with Gasteiger partial charge in [-0.25, -0.2) is 4.98 Å². The third-order valence-electron chi connectivity index (χ3n) is 7.77. The molecule has 188 valence electrons. The molecule has 3 nitrogen and oxygen atoms in total. The average Bonchev–Trinajstić information content (AvgIpc) is 2.89. The van der Waals surface area contributed by atoms with Crippen LogP contribution in [0, 0.1) is 23.7 Å². The number of allylic oxidation sites excluding steroid dienone is 6. The van der Waals surface area contributed by atoms with Crippen molar-refractivity contribution >= 4 is 31.6 Å². The van der Waals surface area contributed by atoms with E-state index in [9.17, 15) is 0 Å². The van der Waals surface area contributed by atoms with Crippen LogP contribution in [-0.2, 0) is 13.1 Å². The van der Waals surface area contributed by atoms with Crippen LogP contribution in [0.25, 0.3) is 0 Å². The van der Waals surface area contributed by atoms with Gasteiger partial charge in [0.1, 0.15) is 0 Å². The maximum absolute atomic E-state index is 5.17. The molecular formula is C29H35Cl2FeN3. The van der Waals surface area contributed by atoms with E-state index < -0.39 is 0 Å². The van der Waals surface area contributed by atoms with Gasteiger partial charge in [-0.1, -0.05) is 67.5 Å². The minimum absolute atomic E-state index is 0.194. The first-order valence-corrected chi connectivity index (χ1v) is 15.8. The van der Waals surface area contributed by atoms with Crippen molar-refractivity contribution in [2.75, 3.05) is 0 Å². The molecule has 2 saturated carbocycles. The Balaban J connectivity index is 0.000000917. The van der Waals surface area contributed by atoms with Gasteiger partial charge in [-0.15, -0.1) is 0 Å². The van der Waals surface area contributed by atoms with Crippen LogP contribution in [0.5, 0.6) is 0 Å². The molecule has 0 aromatic carbocycles. The van der Waals surface area contributed by atoms with E-state index in [0.29, 0.717) is 35.8 Å². The van der Waals surface area contributed by atoms with Crippen molar-refractivity contribution in [1.29, 1.82) is 0 Å². The molecule has 1 aromatic heterocycles. The molecule has 0 aliphatic heterocycles. The summed E-state index contributed by atoms with van der Waals surface area (Å²) < 4.78 is 0. The molecule has 4 aliphatic carbocycles. The van der Waals surface area contributed by atoms with Crippen LogP contribution in [0.15, 0.2) is 76.8 Å². The molecule has 5 rings (SSSR count). The summed E-state index contributed by atoms with van der Waals surface area (Å²) in [6.45, 7) is 4.24. The van der Waals surface area contributed by atoms with Crippen molar-refractivity contribution in [3.63, 3.8) is 0 Å². The van der Waals surface area contributed by atoms with Crippen molar-refractivity contribution < 1.29 is 13.1 Å². The number of aromatic nitrogens is 1. The molecule has 2 fully saturated rings. The predicted molar refractivity (Wildman–Crippen MR) is 146 cm³/mol. The van der Waals surface area contributed by atoms with Crippen LogP contribution in [0.4, 0.5) is 0 Å². The molecule has 6 heteroatoms. The molecule has 0 saturated heterocycles. The van der Waals surface area contributed by atoms with Crippen LogP contribution < -0.4 is 0 Å². The summed E-state index contributed by atoms with van der Waals surface area (Å²) in [6.07, 6.45) is 25.7. The first kappa shape index (κ1) is 26.6. The Kier molecular flexibility index (Phi) is 10.0. The van der Waals surface area contributed by atoms with Crippen molar-refractivity contribution in [1.82, 2.24) is 4.98 Å². The van der Waals surface area contributed by atoms with Crippen molar-refractivity contribution in [2.24, 2.45) is 33.7 Å². The summed E-state index contributed by atoms with van der Waals surface area (Å²) in [5.74, 6) is 2.36. The van der Waals surface area contributed by atoms with Crippen molar-refractivity contribution in [3.8, 4) is 0 Å². The molecule has 6 atom stereocenters. The third kappa shape index (κ3) is 6.86. The molecule has 0 spiro atoms. The van der Waals surface area contributed by atoms with Gasteiger partial charge in [0, 0.05) is 11.8 Å². The Labute approximate surface area is 225 Å². The fraction of sp³-hybridized carbons (Fsp3) is 0.483. The van der Waals surface area contributed by atoms with Crippen LogP contribution in [0.1, 0.15) is 63.8 Å². The molecule has 4 aliphatic rings. The first-order chi connectivity index (χ1) is 17.1. The summed E-state index contributed by atoms with van der Waals surface area (Å²) in [5.41, 5.74) is 4.06. The standard InChI is InChI=1S/C29H35N3.2ClH.Fe/c1-20(30-28-18-7-12-22-10-3-5-14-24(22)28)26-16-9-17-27(32-26)21(2)31-29-19-8-13-23-11-4-6-15-25(23)29;;;/h3-6,9-11,14-17,22-25,28-29H,7-8,12-13,18-19H2,1-2H3;2*1H;/q;;;+2/p-2. The second kappa shape index (κ2) is 13.2. The summed E-state index contributed by atoms with van der Waals surface area (Å²) >= 11 is 0.194. The zero-order valence-corrected chi connectivity index (χ0v) is 23.1. The number of hydrogen-bond donors (Lipinski definition) is 0. The molecule has 0 radical (unpaired) electrons. The average molecular weight is 552 g/mol. The van der Waals surface area contributed by atoms with Crippen molar-refractivity contribution in [3.05, 3.63) is 78.2 Å². The fourth-order valence-corrected chi connectivity index (χ4v) is 6.02. The zero-order chi connectivity index (χ0) is 24.6. The van der Waals surface area contributed by atoms with E-state index in [1.54, 1.807) is 0 Å². The predicted octanol–water partition coefficient (Wildman–Crippen LogP) is 7.90. The number of halogens is 2. The number of aliphatic imine (C=N–C) groups is 2. The Hall–Kier alpha value is -1.45. The summed E-state index contributed by atoms with van der Waals surface area (Å²) in [4.78, 5) is 15.3. The number of pyridine rings is 1. The number of hydrogen-bond acceptors (Lipinski definition) is 3. The molecule has 1 aromatic rings. The van der Waals surface area contributed by atoms with Gasteiger partial charge in [0.05, 0.1) is 34.9 Å². The van der Waals surface area contributed by atoms with Gasteiger partial charge in [-0.2, -0.15) is 0 Å². The summed E-state index contributed by atoms with van der Waals surface area (Å²) in [6, 6.07) is 7.02. The molecule has 0 bridgehead atoms. The fourth-order valence-electron chi connectivity index (χ4n) is 6.02. The van der Waals surface area contributed by atoms with Crippen LogP contribution in [0.2, 0.25) is 0 Å². The molecule has 1 heterocycles. The van der Waals surface area contributed by atoms with Gasteiger partial charge in [0.15, 0.2) is 0 Å². The Morgan fingerprint density at radius 3 is 1.63 bits per heavy atom. The zero-order valence-electron chi connectivity index (χ0n) is 20.5. The Bertz CT molecular complexity index is 965. The van der Waals surface area contributed by atoms with Gasteiger partial charge >= 0.3 is 33.3 Å². The van der Waals surface area contributed by atoms with Crippen LogP contribution >= 0.6 is 20.2 Å². The minimum atomic E-state index is 0.194. The number of nitrogens with zero attached hydrogens (tertiary/aromatic N) is 3. The van der Waals surface area contributed by atoms with Crippen LogP contribution in [0.3, 0.4) is 0 Å². The molecule has 0 N–H and O–H groups in total. The second-order valence-corrected chi connectivity index (χ2v) is 11.7. The molecule has 0 amide bonds. The van der Waals surface area contributed by atoms with Gasteiger partial charge in [-0.3, -0.25) is 9.98 Å². The Morgan fingerprint density at radius 1 is 0.743 bits per heavy atom. The Morgan fingerprint density at radius 2 is 1.17 bits per heavy atom. The van der Waals surface area contributed by atoms with E-state index in [-0.39, 0.29) is 13.1 Å². The number of rotatable bonds is 4. The summed E-state index contributed by atoms with van der Waals surface area (Å²) in [7, 11) is 9.53. The topological polar surface area (TPSA) is 37.6 Å². The van der Waals surface area contributed by atoms with Gasteiger partial charge in [-0.05, 0) is 63.5 Å². The van der Waals surface area contributed by atoms with E-state index in [0.717, 1.165) is 22.8 Å². The van der Waals surface area contributed by atoms with E-state index >= 15 is 0 Å². The first-order valence-electron chi connectivity index (χ1n) is 12.7. The van der Waals surface area contributed by atoms with Gasteiger partial charge in [0.25, 0.3) is 0 Å². The summed E-state index contributed by atoms with van der Waals surface area (Å²) in [5, 5.41) is 0. The van der Waals surface area contributed by atoms with E-state index in [1.165, 1.54) is 38.5 Å². The molecule has 6 unspecified atom stereocenters. The van der Waals surface area contributed by atoms with E-state index in [2.05, 4.69) is 80.7 Å². The second-order valence-electron chi connectivity index (χ2n) is 9.91. The van der Waals surface area contributed by atoms with Gasteiger partial charge in [0.2, 0.25) is 0 Å². The van der Waals surface area contributed by atoms with E-state index in [1.807, 2.05) is 0 Å². The third-order valence-corrected chi connectivity index (χ3v) is 7.77. The quantitative estimate of drug-likeness (QED) is 0.277. The maximum atomic E-state index is 5.17. The van der Waals surface area contributed by atoms with Crippen molar-refractivity contribution in [2.45, 2.75) is 64.5 Å². The molecule has 35 heavy (non-hydrogen) atoms. The monoisotopic (exact) mass is 551 g/mol. The molecular weight excluding hydrogens is 517 g/mol. The SMILES string of the molecule is CC(=NC1CCCC2C=CC=CC21)c1cccc(C(C)=NC2CCCC3C=CC=CC32)n1.[Cl][Fe][Cl]. The normalized spacial score (nSPS) is 32.0.